The molecule has 0 spiro atoms. The summed E-state index contributed by atoms with van der Waals surface area (Å²) in [5, 5.41) is 0. The molecular weight excluding hydrogens is 168 g/mol. The third-order valence-electron chi connectivity index (χ3n) is 2.49. The summed E-state index contributed by atoms with van der Waals surface area (Å²) in [5.41, 5.74) is 0. The average molecular weight is 186 g/mol. The van der Waals surface area contributed by atoms with Crippen LogP contribution in [0.2, 0.25) is 0 Å². The van der Waals surface area contributed by atoms with Crippen LogP contribution in [0.4, 0.5) is 4.79 Å². The van der Waals surface area contributed by atoms with Crippen molar-refractivity contribution in [3.8, 4) is 0 Å². The summed E-state index contributed by atoms with van der Waals surface area (Å²) in [6.45, 7) is 4.41. The highest BCUT2D eigenvalue weighted by Crippen LogP contribution is 2.25. The number of ether oxygens (including phenoxy) is 2. The van der Waals surface area contributed by atoms with Crippen LogP contribution in [-0.4, -0.2) is 18.9 Å². The highest BCUT2D eigenvalue weighted by Gasteiger charge is 2.21. The van der Waals surface area contributed by atoms with Gasteiger partial charge in [0, 0.05) is 0 Å². The Balaban J connectivity index is 2.18. The lowest BCUT2D eigenvalue weighted by molar-refractivity contribution is 0.00905. The topological polar surface area (TPSA) is 35.5 Å². The van der Waals surface area contributed by atoms with E-state index in [1.807, 2.05) is 0 Å². The molecule has 1 aliphatic carbocycles. The summed E-state index contributed by atoms with van der Waals surface area (Å²) in [6.07, 6.45) is 3.87. The van der Waals surface area contributed by atoms with Crippen molar-refractivity contribution in [2.75, 3.05) is 6.61 Å². The Morgan fingerprint density at radius 1 is 1.31 bits per heavy atom. The highest BCUT2D eigenvalue weighted by molar-refractivity contribution is 5.60. The molecule has 1 rings (SSSR count). The minimum atomic E-state index is -0.512. The first-order chi connectivity index (χ1) is 6.22. The zero-order valence-electron chi connectivity index (χ0n) is 8.41. The molecule has 76 valence electrons. The fourth-order valence-electron chi connectivity index (χ4n) is 1.64. The van der Waals surface area contributed by atoms with Crippen LogP contribution in [0.15, 0.2) is 0 Å². The van der Waals surface area contributed by atoms with Crippen LogP contribution >= 0.6 is 0 Å². The molecule has 0 aromatic carbocycles. The molecule has 0 bridgehead atoms. The third kappa shape index (κ3) is 3.66. The predicted molar refractivity (Wildman–Crippen MR) is 49.5 cm³/mol. The maximum Gasteiger partial charge on any atom is 0.508 e. The normalized spacial score (nSPS) is 28.2. The van der Waals surface area contributed by atoms with Crippen molar-refractivity contribution in [1.29, 1.82) is 0 Å². The Bertz CT molecular complexity index is 160. The Labute approximate surface area is 79.4 Å². The second kappa shape index (κ2) is 5.10. The van der Waals surface area contributed by atoms with Gasteiger partial charge in [-0.25, -0.2) is 4.79 Å². The summed E-state index contributed by atoms with van der Waals surface area (Å²) in [5.74, 6) is 0.780. The molecule has 1 aliphatic rings. The van der Waals surface area contributed by atoms with E-state index in [1.165, 1.54) is 0 Å². The smallest absolute Gasteiger partial charge is 0.435 e. The van der Waals surface area contributed by atoms with Crippen molar-refractivity contribution in [1.82, 2.24) is 0 Å². The van der Waals surface area contributed by atoms with Gasteiger partial charge in [0.25, 0.3) is 0 Å². The molecule has 1 fully saturated rings. The molecule has 0 amide bonds. The van der Waals surface area contributed by atoms with Crippen LogP contribution in [-0.2, 0) is 9.47 Å². The fourth-order valence-corrected chi connectivity index (χ4v) is 1.64. The van der Waals surface area contributed by atoms with E-state index in [1.54, 1.807) is 6.92 Å². The van der Waals surface area contributed by atoms with Crippen molar-refractivity contribution in [3.05, 3.63) is 0 Å². The van der Waals surface area contributed by atoms with Gasteiger partial charge in [-0.1, -0.05) is 6.92 Å². The van der Waals surface area contributed by atoms with Crippen molar-refractivity contribution in [2.24, 2.45) is 5.92 Å². The number of rotatable bonds is 2. The number of hydrogen-bond acceptors (Lipinski definition) is 3. The SMILES string of the molecule is CCOC(=O)OC1CCC(C)CC1. The van der Waals surface area contributed by atoms with Crippen molar-refractivity contribution in [3.63, 3.8) is 0 Å². The number of carbonyl (C=O) groups is 1. The molecule has 0 heterocycles. The standard InChI is InChI=1S/C10H18O3/c1-3-12-10(11)13-9-6-4-8(2)5-7-9/h8-9H,3-7H2,1-2H3. The average Bonchev–Trinajstić information content (AvgIpc) is 2.09. The van der Waals surface area contributed by atoms with E-state index in [4.69, 9.17) is 9.47 Å². The lowest BCUT2D eigenvalue weighted by Gasteiger charge is -2.25. The molecule has 0 atom stereocenters. The minimum Gasteiger partial charge on any atom is -0.435 e. The molecule has 0 unspecified atom stereocenters. The second-order valence-electron chi connectivity index (χ2n) is 3.68. The molecule has 3 nitrogen and oxygen atoms in total. The maximum atomic E-state index is 10.9. The van der Waals surface area contributed by atoms with Gasteiger partial charge in [0.2, 0.25) is 0 Å². The zero-order valence-corrected chi connectivity index (χ0v) is 8.41. The van der Waals surface area contributed by atoms with Crippen LogP contribution in [0.3, 0.4) is 0 Å². The molecule has 13 heavy (non-hydrogen) atoms. The number of carbonyl (C=O) groups excluding carboxylic acids is 1. The molecule has 3 heteroatoms. The van der Waals surface area contributed by atoms with Gasteiger partial charge in [0.1, 0.15) is 6.10 Å². The van der Waals surface area contributed by atoms with Gasteiger partial charge < -0.3 is 9.47 Å². The molecule has 1 saturated carbocycles. The lowest BCUT2D eigenvalue weighted by atomic mass is 9.89. The molecule has 0 aromatic heterocycles. The second-order valence-corrected chi connectivity index (χ2v) is 3.68. The van der Waals surface area contributed by atoms with E-state index in [0.717, 1.165) is 31.6 Å². The van der Waals surface area contributed by atoms with Crippen LogP contribution in [0.1, 0.15) is 39.5 Å². The van der Waals surface area contributed by atoms with Crippen LogP contribution in [0, 0.1) is 5.92 Å². The summed E-state index contributed by atoms with van der Waals surface area (Å²) < 4.78 is 9.83. The van der Waals surface area contributed by atoms with E-state index >= 15 is 0 Å². The third-order valence-corrected chi connectivity index (χ3v) is 2.49. The van der Waals surface area contributed by atoms with Crippen molar-refractivity contribution in [2.45, 2.75) is 45.6 Å². The predicted octanol–water partition coefficient (Wildman–Crippen LogP) is 2.74. The monoisotopic (exact) mass is 186 g/mol. The largest absolute Gasteiger partial charge is 0.508 e. The van der Waals surface area contributed by atoms with Gasteiger partial charge in [0.15, 0.2) is 0 Å². The lowest BCUT2D eigenvalue weighted by Crippen LogP contribution is -2.24. The summed E-state index contributed by atoms with van der Waals surface area (Å²) in [7, 11) is 0. The molecular formula is C10H18O3. The Morgan fingerprint density at radius 3 is 2.46 bits per heavy atom. The van der Waals surface area contributed by atoms with Gasteiger partial charge >= 0.3 is 6.16 Å². The van der Waals surface area contributed by atoms with Crippen LogP contribution < -0.4 is 0 Å². The minimum absolute atomic E-state index is 0.0928. The van der Waals surface area contributed by atoms with Gasteiger partial charge in [-0.15, -0.1) is 0 Å². The zero-order chi connectivity index (χ0) is 9.68. The van der Waals surface area contributed by atoms with E-state index in [-0.39, 0.29) is 6.10 Å². The molecule has 0 aliphatic heterocycles. The summed E-state index contributed by atoms with van der Waals surface area (Å²) in [4.78, 5) is 10.9. The van der Waals surface area contributed by atoms with Crippen molar-refractivity contribution >= 4 is 6.16 Å². The van der Waals surface area contributed by atoms with Gasteiger partial charge in [-0.3, -0.25) is 0 Å². The summed E-state index contributed by atoms with van der Waals surface area (Å²) >= 11 is 0. The van der Waals surface area contributed by atoms with Gasteiger partial charge in [0.05, 0.1) is 6.61 Å². The molecule has 0 N–H and O–H groups in total. The van der Waals surface area contributed by atoms with Gasteiger partial charge in [-0.05, 0) is 38.5 Å². The Hall–Kier alpha value is -0.730. The Morgan fingerprint density at radius 2 is 1.92 bits per heavy atom. The van der Waals surface area contributed by atoms with Crippen molar-refractivity contribution < 1.29 is 14.3 Å². The first-order valence-electron chi connectivity index (χ1n) is 5.05. The molecule has 0 radical (unpaired) electrons. The Kier molecular flexibility index (Phi) is 4.06. The van der Waals surface area contributed by atoms with E-state index < -0.39 is 6.16 Å². The highest BCUT2D eigenvalue weighted by atomic mass is 16.7. The van der Waals surface area contributed by atoms with Crippen LogP contribution in [0.5, 0.6) is 0 Å². The quantitative estimate of drug-likeness (QED) is 0.622. The fraction of sp³-hybridized carbons (Fsp3) is 0.900. The molecule has 0 aromatic rings. The van der Waals surface area contributed by atoms with E-state index in [0.29, 0.717) is 6.61 Å². The first kappa shape index (κ1) is 10.4. The number of hydrogen-bond donors (Lipinski definition) is 0. The van der Waals surface area contributed by atoms with Crippen LogP contribution in [0.25, 0.3) is 0 Å². The maximum absolute atomic E-state index is 10.9. The van der Waals surface area contributed by atoms with Gasteiger partial charge in [-0.2, -0.15) is 0 Å². The van der Waals surface area contributed by atoms with E-state index in [9.17, 15) is 4.79 Å². The molecule has 0 saturated heterocycles. The van der Waals surface area contributed by atoms with E-state index in [2.05, 4.69) is 6.92 Å². The first-order valence-corrected chi connectivity index (χ1v) is 5.05. The summed E-state index contributed by atoms with van der Waals surface area (Å²) in [6, 6.07) is 0.